The summed E-state index contributed by atoms with van der Waals surface area (Å²) in [5, 5.41) is 4.48. The van der Waals surface area contributed by atoms with E-state index in [1.807, 2.05) is 42.5 Å². The van der Waals surface area contributed by atoms with E-state index in [-0.39, 0.29) is 5.82 Å². The predicted molar refractivity (Wildman–Crippen MR) is 86.3 cm³/mol. The molecule has 0 radical (unpaired) electrons. The maximum atomic E-state index is 12.9. The molecule has 0 saturated carbocycles. The fourth-order valence-corrected chi connectivity index (χ4v) is 2.05. The molecule has 0 spiro atoms. The van der Waals surface area contributed by atoms with Gasteiger partial charge in [-0.15, -0.1) is 0 Å². The molecule has 4 heteroatoms. The van der Waals surface area contributed by atoms with Crippen molar-refractivity contribution in [1.82, 2.24) is 4.98 Å². The Kier molecular flexibility index (Phi) is 4.20. The van der Waals surface area contributed by atoms with E-state index in [2.05, 4.69) is 15.5 Å². The van der Waals surface area contributed by atoms with Crippen LogP contribution in [0, 0.1) is 5.82 Å². The van der Waals surface area contributed by atoms with E-state index in [1.54, 1.807) is 24.5 Å². The second-order valence-electron chi connectivity index (χ2n) is 4.68. The Labute approximate surface area is 128 Å². The molecule has 1 aromatic heterocycles. The van der Waals surface area contributed by atoms with Gasteiger partial charge in [-0.25, -0.2) is 4.39 Å². The quantitative estimate of drug-likeness (QED) is 0.581. The summed E-state index contributed by atoms with van der Waals surface area (Å²) in [6, 6.07) is 19.8. The summed E-state index contributed by atoms with van der Waals surface area (Å²) in [6.45, 7) is 0. The summed E-state index contributed by atoms with van der Waals surface area (Å²) < 4.78 is 12.9. The van der Waals surface area contributed by atoms with Crippen molar-refractivity contribution in [1.29, 1.82) is 0 Å². The second kappa shape index (κ2) is 6.63. The van der Waals surface area contributed by atoms with Crippen LogP contribution < -0.4 is 5.43 Å². The first kappa shape index (κ1) is 13.9. The normalized spacial score (nSPS) is 11.2. The molecule has 0 bridgehead atoms. The van der Waals surface area contributed by atoms with Crippen LogP contribution in [0.2, 0.25) is 0 Å². The summed E-state index contributed by atoms with van der Waals surface area (Å²) in [6.07, 6.45) is 3.46. The van der Waals surface area contributed by atoms with Gasteiger partial charge in [0.15, 0.2) is 0 Å². The standard InChI is InChI=1S/C18H14FN3/c19-16-6-8-17(9-7-16)21-22-18(14-4-2-1-3-5-14)15-10-12-20-13-11-15/h1-13,21H/b22-18+. The van der Waals surface area contributed by atoms with Crippen LogP contribution in [0.5, 0.6) is 0 Å². The fourth-order valence-electron chi connectivity index (χ4n) is 2.05. The van der Waals surface area contributed by atoms with Crippen LogP contribution in [-0.2, 0) is 0 Å². The van der Waals surface area contributed by atoms with E-state index >= 15 is 0 Å². The molecular weight excluding hydrogens is 277 g/mol. The van der Waals surface area contributed by atoms with Gasteiger partial charge in [-0.2, -0.15) is 5.10 Å². The zero-order valence-electron chi connectivity index (χ0n) is 11.8. The number of hydrogen-bond donors (Lipinski definition) is 1. The third-order valence-corrected chi connectivity index (χ3v) is 3.14. The zero-order chi connectivity index (χ0) is 15.2. The molecule has 3 aromatic rings. The molecule has 0 fully saturated rings. The summed E-state index contributed by atoms with van der Waals surface area (Å²) in [5.41, 5.74) is 6.44. The maximum absolute atomic E-state index is 12.9. The average Bonchev–Trinajstić information content (AvgIpc) is 2.59. The number of benzene rings is 2. The predicted octanol–water partition coefficient (Wildman–Crippen LogP) is 4.09. The molecule has 108 valence electrons. The summed E-state index contributed by atoms with van der Waals surface area (Å²) in [5.74, 6) is -0.271. The van der Waals surface area contributed by atoms with E-state index in [4.69, 9.17) is 0 Å². The molecule has 1 heterocycles. The molecule has 0 aliphatic heterocycles. The minimum absolute atomic E-state index is 0.271. The van der Waals surface area contributed by atoms with Gasteiger partial charge in [-0.1, -0.05) is 30.3 Å². The Hall–Kier alpha value is -3.01. The molecule has 0 aliphatic carbocycles. The smallest absolute Gasteiger partial charge is 0.123 e. The lowest BCUT2D eigenvalue weighted by atomic mass is 10.0. The van der Waals surface area contributed by atoms with Crippen molar-refractivity contribution < 1.29 is 4.39 Å². The van der Waals surface area contributed by atoms with Crippen LogP contribution >= 0.6 is 0 Å². The van der Waals surface area contributed by atoms with Crippen LogP contribution in [0.1, 0.15) is 11.1 Å². The van der Waals surface area contributed by atoms with Gasteiger partial charge in [0.05, 0.1) is 11.4 Å². The average molecular weight is 291 g/mol. The van der Waals surface area contributed by atoms with E-state index in [0.717, 1.165) is 22.5 Å². The second-order valence-corrected chi connectivity index (χ2v) is 4.68. The largest absolute Gasteiger partial charge is 0.278 e. The molecule has 3 rings (SSSR count). The van der Waals surface area contributed by atoms with Crippen molar-refractivity contribution >= 4 is 11.4 Å². The van der Waals surface area contributed by atoms with E-state index in [9.17, 15) is 4.39 Å². The molecule has 0 amide bonds. The maximum Gasteiger partial charge on any atom is 0.123 e. The topological polar surface area (TPSA) is 37.3 Å². The van der Waals surface area contributed by atoms with Gasteiger partial charge >= 0.3 is 0 Å². The Morgan fingerprint density at radius 3 is 2.14 bits per heavy atom. The van der Waals surface area contributed by atoms with Crippen LogP contribution in [0.4, 0.5) is 10.1 Å². The molecule has 22 heavy (non-hydrogen) atoms. The van der Waals surface area contributed by atoms with Crippen LogP contribution in [-0.4, -0.2) is 10.7 Å². The summed E-state index contributed by atoms with van der Waals surface area (Å²) in [7, 11) is 0. The van der Waals surface area contributed by atoms with Gasteiger partial charge in [0.2, 0.25) is 0 Å². The van der Waals surface area contributed by atoms with Crippen LogP contribution in [0.15, 0.2) is 84.2 Å². The first-order valence-corrected chi connectivity index (χ1v) is 6.88. The number of anilines is 1. The highest BCUT2D eigenvalue weighted by molar-refractivity contribution is 6.13. The number of rotatable bonds is 4. The molecule has 0 unspecified atom stereocenters. The highest BCUT2D eigenvalue weighted by Crippen LogP contribution is 2.13. The first-order chi connectivity index (χ1) is 10.8. The Bertz CT molecular complexity index is 712. The highest BCUT2D eigenvalue weighted by atomic mass is 19.1. The molecule has 2 aromatic carbocycles. The Morgan fingerprint density at radius 2 is 1.45 bits per heavy atom. The lowest BCUT2D eigenvalue weighted by Crippen LogP contribution is -2.06. The zero-order valence-corrected chi connectivity index (χ0v) is 11.8. The molecule has 0 saturated heterocycles. The SMILES string of the molecule is Fc1ccc(N/N=C(\c2ccccc2)c2ccncc2)cc1. The van der Waals surface area contributed by atoms with Crippen molar-refractivity contribution in [3.8, 4) is 0 Å². The summed E-state index contributed by atoms with van der Waals surface area (Å²) >= 11 is 0. The molecule has 0 atom stereocenters. The fraction of sp³-hybridized carbons (Fsp3) is 0. The van der Waals surface area contributed by atoms with Gasteiger partial charge in [0, 0.05) is 23.5 Å². The van der Waals surface area contributed by atoms with Gasteiger partial charge < -0.3 is 0 Å². The van der Waals surface area contributed by atoms with Crippen molar-refractivity contribution in [3.63, 3.8) is 0 Å². The van der Waals surface area contributed by atoms with E-state index in [1.165, 1.54) is 12.1 Å². The lowest BCUT2D eigenvalue weighted by molar-refractivity contribution is 0.628. The molecule has 0 aliphatic rings. The van der Waals surface area contributed by atoms with Crippen LogP contribution in [0.25, 0.3) is 0 Å². The minimum Gasteiger partial charge on any atom is -0.278 e. The van der Waals surface area contributed by atoms with Crippen LogP contribution in [0.3, 0.4) is 0 Å². The molecule has 1 N–H and O–H groups in total. The van der Waals surface area contributed by atoms with Gasteiger partial charge in [0.25, 0.3) is 0 Å². The van der Waals surface area contributed by atoms with Gasteiger partial charge in [-0.05, 0) is 36.4 Å². The molecule has 3 nitrogen and oxygen atoms in total. The third kappa shape index (κ3) is 3.35. The highest BCUT2D eigenvalue weighted by Gasteiger charge is 2.06. The Morgan fingerprint density at radius 1 is 0.818 bits per heavy atom. The number of nitrogens with one attached hydrogen (secondary N) is 1. The van der Waals surface area contributed by atoms with Gasteiger partial charge in [0.1, 0.15) is 5.82 Å². The monoisotopic (exact) mass is 291 g/mol. The van der Waals surface area contributed by atoms with Crippen molar-refractivity contribution in [2.24, 2.45) is 5.10 Å². The number of halogens is 1. The third-order valence-electron chi connectivity index (χ3n) is 3.14. The van der Waals surface area contributed by atoms with Crippen molar-refractivity contribution in [3.05, 3.63) is 96.1 Å². The minimum atomic E-state index is -0.271. The van der Waals surface area contributed by atoms with E-state index in [0.29, 0.717) is 0 Å². The Balaban J connectivity index is 1.95. The number of aromatic nitrogens is 1. The first-order valence-electron chi connectivity index (χ1n) is 6.88. The lowest BCUT2D eigenvalue weighted by Gasteiger charge is -2.08. The van der Waals surface area contributed by atoms with Crippen molar-refractivity contribution in [2.75, 3.05) is 5.43 Å². The number of hydrazone groups is 1. The number of nitrogens with zero attached hydrogens (tertiary/aromatic N) is 2. The van der Waals surface area contributed by atoms with Crippen molar-refractivity contribution in [2.45, 2.75) is 0 Å². The summed E-state index contributed by atoms with van der Waals surface area (Å²) in [4.78, 5) is 4.03. The molecular formula is C18H14FN3. The number of pyridine rings is 1. The van der Waals surface area contributed by atoms with Gasteiger partial charge in [-0.3, -0.25) is 10.4 Å². The van der Waals surface area contributed by atoms with E-state index < -0.39 is 0 Å². The number of hydrogen-bond acceptors (Lipinski definition) is 3.